The maximum absolute atomic E-state index is 6.20. The lowest BCUT2D eigenvalue weighted by Crippen LogP contribution is -2.25. The average Bonchev–Trinajstić information content (AvgIpc) is 2.40. The van der Waals surface area contributed by atoms with Crippen LogP contribution in [-0.4, -0.2) is 19.7 Å². The molecule has 1 fully saturated rings. The number of benzene rings is 1. The van der Waals surface area contributed by atoms with Crippen molar-refractivity contribution in [3.8, 4) is 0 Å². The topological polar surface area (TPSA) is 21.3 Å². The fourth-order valence-corrected chi connectivity index (χ4v) is 2.78. The maximum atomic E-state index is 6.20. The summed E-state index contributed by atoms with van der Waals surface area (Å²) in [5.41, 5.74) is 2.67. The molecule has 112 valence electrons. The molecule has 1 aromatic carbocycles. The second kappa shape index (κ2) is 8.43. The third-order valence-electron chi connectivity index (χ3n) is 4.36. The molecule has 0 bridgehead atoms. The smallest absolute Gasteiger partial charge is 0.0951 e. The van der Waals surface area contributed by atoms with Gasteiger partial charge in [-0.1, -0.05) is 50.5 Å². The zero-order valence-corrected chi connectivity index (χ0v) is 13.0. The summed E-state index contributed by atoms with van der Waals surface area (Å²) in [7, 11) is 0. The van der Waals surface area contributed by atoms with Crippen molar-refractivity contribution in [3.05, 3.63) is 35.4 Å². The lowest BCUT2D eigenvalue weighted by atomic mass is 9.83. The maximum Gasteiger partial charge on any atom is 0.0951 e. The zero-order valence-electron chi connectivity index (χ0n) is 13.0. The van der Waals surface area contributed by atoms with E-state index in [9.17, 15) is 0 Å². The molecular formula is C18H29NO. The molecule has 20 heavy (non-hydrogen) atoms. The first-order valence-corrected chi connectivity index (χ1v) is 8.19. The highest BCUT2D eigenvalue weighted by Gasteiger charge is 2.19. The van der Waals surface area contributed by atoms with Gasteiger partial charge >= 0.3 is 0 Å². The Hall–Kier alpha value is -0.860. The molecule has 1 atom stereocenters. The predicted octanol–water partition coefficient (Wildman–Crippen LogP) is 4.24. The molecule has 2 heteroatoms. The molecule has 0 heterocycles. The molecule has 1 unspecified atom stereocenters. The lowest BCUT2D eigenvalue weighted by Gasteiger charge is -2.27. The first-order chi connectivity index (χ1) is 9.81. The van der Waals surface area contributed by atoms with Crippen molar-refractivity contribution in [2.75, 3.05) is 19.7 Å². The van der Waals surface area contributed by atoms with Crippen LogP contribution in [0.1, 0.15) is 56.3 Å². The summed E-state index contributed by atoms with van der Waals surface area (Å²) in [6.45, 7) is 7.26. The van der Waals surface area contributed by atoms with Crippen LogP contribution < -0.4 is 5.32 Å². The van der Waals surface area contributed by atoms with E-state index in [1.807, 2.05) is 0 Å². The van der Waals surface area contributed by atoms with Gasteiger partial charge < -0.3 is 10.1 Å². The molecular weight excluding hydrogens is 246 g/mol. The molecule has 0 aromatic heterocycles. The van der Waals surface area contributed by atoms with Gasteiger partial charge in [-0.2, -0.15) is 0 Å². The van der Waals surface area contributed by atoms with Gasteiger partial charge in [-0.15, -0.1) is 0 Å². The Morgan fingerprint density at radius 2 is 2.10 bits per heavy atom. The predicted molar refractivity (Wildman–Crippen MR) is 85.0 cm³/mol. The normalized spacial score (nSPS) is 16.9. The van der Waals surface area contributed by atoms with Crippen LogP contribution in [0, 0.1) is 12.8 Å². The fraction of sp³-hybridized carbons (Fsp3) is 0.667. The molecule has 0 saturated heterocycles. The summed E-state index contributed by atoms with van der Waals surface area (Å²) in [5.74, 6) is 0.927. The van der Waals surface area contributed by atoms with Gasteiger partial charge in [0.05, 0.1) is 6.10 Å². The zero-order chi connectivity index (χ0) is 14.2. The Kier molecular flexibility index (Phi) is 6.55. The van der Waals surface area contributed by atoms with Crippen LogP contribution in [0.3, 0.4) is 0 Å². The third-order valence-corrected chi connectivity index (χ3v) is 4.36. The molecule has 0 radical (unpaired) electrons. The Bertz CT molecular complexity index is 387. The molecule has 2 nitrogen and oxygen atoms in total. The Balaban J connectivity index is 1.87. The van der Waals surface area contributed by atoms with E-state index >= 15 is 0 Å². The third kappa shape index (κ3) is 4.60. The standard InChI is InChI=1S/C18H29NO/c1-3-12-19-14-18(17-10-5-4-7-15(17)2)20-13-11-16-8-6-9-16/h4-5,7,10,16,18-19H,3,6,8-9,11-14H2,1-2H3. The highest BCUT2D eigenvalue weighted by Crippen LogP contribution is 2.30. The minimum Gasteiger partial charge on any atom is -0.372 e. The number of nitrogens with one attached hydrogen (secondary N) is 1. The second-order valence-electron chi connectivity index (χ2n) is 6.01. The second-order valence-corrected chi connectivity index (χ2v) is 6.01. The summed E-state index contributed by atoms with van der Waals surface area (Å²) in [6, 6.07) is 8.60. The Labute approximate surface area is 123 Å². The fourth-order valence-electron chi connectivity index (χ4n) is 2.78. The molecule has 0 aliphatic heterocycles. The number of hydrogen-bond acceptors (Lipinski definition) is 2. The lowest BCUT2D eigenvalue weighted by molar-refractivity contribution is 0.0369. The Morgan fingerprint density at radius 3 is 2.75 bits per heavy atom. The highest BCUT2D eigenvalue weighted by atomic mass is 16.5. The van der Waals surface area contributed by atoms with E-state index in [0.717, 1.165) is 25.6 Å². The number of rotatable bonds is 9. The van der Waals surface area contributed by atoms with Crippen LogP contribution in [0.25, 0.3) is 0 Å². The molecule has 1 N–H and O–H groups in total. The van der Waals surface area contributed by atoms with E-state index in [0.29, 0.717) is 0 Å². The molecule has 0 spiro atoms. The summed E-state index contributed by atoms with van der Waals surface area (Å²) >= 11 is 0. The Morgan fingerprint density at radius 1 is 1.30 bits per heavy atom. The van der Waals surface area contributed by atoms with E-state index in [1.165, 1.54) is 43.2 Å². The first kappa shape index (κ1) is 15.5. The van der Waals surface area contributed by atoms with Gasteiger partial charge in [0.1, 0.15) is 0 Å². The van der Waals surface area contributed by atoms with Crippen LogP contribution >= 0.6 is 0 Å². The summed E-state index contributed by atoms with van der Waals surface area (Å²) in [6.07, 6.45) is 6.84. The number of aryl methyl sites for hydroxylation is 1. The van der Waals surface area contributed by atoms with Gasteiger partial charge in [-0.3, -0.25) is 0 Å². The highest BCUT2D eigenvalue weighted by molar-refractivity contribution is 5.28. The molecule has 1 aromatic rings. The van der Waals surface area contributed by atoms with Crippen molar-refractivity contribution in [3.63, 3.8) is 0 Å². The van der Waals surface area contributed by atoms with Gasteiger partial charge in [0.2, 0.25) is 0 Å². The minimum absolute atomic E-state index is 0.197. The molecule has 1 saturated carbocycles. The first-order valence-electron chi connectivity index (χ1n) is 8.19. The van der Waals surface area contributed by atoms with Gasteiger partial charge in [-0.05, 0) is 43.4 Å². The molecule has 1 aliphatic rings. The molecule has 2 rings (SSSR count). The van der Waals surface area contributed by atoms with Crippen molar-refractivity contribution in [2.24, 2.45) is 5.92 Å². The molecule has 0 amide bonds. The van der Waals surface area contributed by atoms with E-state index < -0.39 is 0 Å². The van der Waals surface area contributed by atoms with Crippen LogP contribution in [0.5, 0.6) is 0 Å². The van der Waals surface area contributed by atoms with Crippen LogP contribution in [0.2, 0.25) is 0 Å². The SMILES string of the molecule is CCCNCC(OCCC1CCC1)c1ccccc1C. The monoisotopic (exact) mass is 275 g/mol. The van der Waals surface area contributed by atoms with Gasteiger partial charge in [0.25, 0.3) is 0 Å². The van der Waals surface area contributed by atoms with Crippen LogP contribution in [0.15, 0.2) is 24.3 Å². The van der Waals surface area contributed by atoms with Crippen LogP contribution in [0.4, 0.5) is 0 Å². The summed E-state index contributed by atoms with van der Waals surface area (Å²) < 4.78 is 6.20. The van der Waals surface area contributed by atoms with Gasteiger partial charge in [-0.25, -0.2) is 0 Å². The van der Waals surface area contributed by atoms with Crippen LogP contribution in [-0.2, 0) is 4.74 Å². The minimum atomic E-state index is 0.197. The van der Waals surface area contributed by atoms with Crippen molar-refractivity contribution >= 4 is 0 Å². The largest absolute Gasteiger partial charge is 0.372 e. The quantitative estimate of drug-likeness (QED) is 0.681. The van der Waals surface area contributed by atoms with Crippen molar-refractivity contribution < 1.29 is 4.74 Å². The van der Waals surface area contributed by atoms with Crippen molar-refractivity contribution in [1.82, 2.24) is 5.32 Å². The van der Waals surface area contributed by atoms with Gasteiger partial charge in [0.15, 0.2) is 0 Å². The number of hydrogen-bond donors (Lipinski definition) is 1. The van der Waals surface area contributed by atoms with E-state index in [4.69, 9.17) is 4.74 Å². The van der Waals surface area contributed by atoms with E-state index in [1.54, 1.807) is 0 Å². The van der Waals surface area contributed by atoms with Crippen molar-refractivity contribution in [1.29, 1.82) is 0 Å². The van der Waals surface area contributed by atoms with E-state index in [-0.39, 0.29) is 6.10 Å². The number of ether oxygens (including phenoxy) is 1. The molecule has 1 aliphatic carbocycles. The van der Waals surface area contributed by atoms with Crippen molar-refractivity contribution in [2.45, 2.75) is 52.1 Å². The van der Waals surface area contributed by atoms with Gasteiger partial charge in [0, 0.05) is 13.2 Å². The van der Waals surface area contributed by atoms with E-state index in [2.05, 4.69) is 43.4 Å². The average molecular weight is 275 g/mol. The summed E-state index contributed by atoms with van der Waals surface area (Å²) in [4.78, 5) is 0. The summed E-state index contributed by atoms with van der Waals surface area (Å²) in [5, 5.41) is 3.50.